The zero-order valence-electron chi connectivity index (χ0n) is 14.7. The Kier molecular flexibility index (Phi) is 6.41. The molecule has 0 saturated carbocycles. The Bertz CT molecular complexity index is 825. The summed E-state index contributed by atoms with van der Waals surface area (Å²) in [4.78, 5) is 24.5. The maximum atomic E-state index is 12.6. The molecule has 0 atom stereocenters. The molecule has 2 aromatic rings. The molecule has 8 heteroatoms. The lowest BCUT2D eigenvalue weighted by atomic mass is 10.1. The highest BCUT2D eigenvalue weighted by Crippen LogP contribution is 2.28. The zero-order valence-corrected chi connectivity index (χ0v) is 15.4. The van der Waals surface area contributed by atoms with Crippen LogP contribution >= 0.6 is 11.6 Å². The van der Waals surface area contributed by atoms with Crippen molar-refractivity contribution < 1.29 is 19.2 Å². The first kappa shape index (κ1) is 19.5. The highest BCUT2D eigenvalue weighted by molar-refractivity contribution is 6.31. The molecule has 0 heterocycles. The quantitative estimate of drug-likeness (QED) is 0.543. The molecule has 0 fully saturated rings. The molecule has 0 aliphatic carbocycles. The van der Waals surface area contributed by atoms with E-state index in [1.54, 1.807) is 27.3 Å². The molecule has 7 nitrogen and oxygen atoms in total. The summed E-state index contributed by atoms with van der Waals surface area (Å²) in [5.41, 5.74) is 0.655. The van der Waals surface area contributed by atoms with E-state index in [-0.39, 0.29) is 16.3 Å². The number of hydrogen-bond acceptors (Lipinski definition) is 5. The summed E-state index contributed by atoms with van der Waals surface area (Å²) in [6, 6.07) is 9.52. The Morgan fingerprint density at radius 3 is 2.46 bits per heavy atom. The predicted octanol–water partition coefficient (Wildman–Crippen LogP) is 3.58. The number of carbonyl (C=O) groups is 1. The molecule has 138 valence electrons. The second-order valence-corrected chi connectivity index (χ2v) is 6.02. The molecule has 0 radical (unpaired) electrons. The van der Waals surface area contributed by atoms with Crippen LogP contribution in [0.3, 0.4) is 0 Å². The molecule has 0 spiro atoms. The topological polar surface area (TPSA) is 81.9 Å². The first-order valence-electron chi connectivity index (χ1n) is 7.77. The SMILES string of the molecule is COc1ccc(CCN(C)C(=O)c2ccc(Cl)cc2[N+](=O)[O-])cc1OC. The molecule has 2 rings (SSSR count). The van der Waals surface area contributed by atoms with Gasteiger partial charge in [-0.05, 0) is 36.2 Å². The van der Waals surface area contributed by atoms with E-state index in [1.165, 1.54) is 23.1 Å². The van der Waals surface area contributed by atoms with Gasteiger partial charge in [0, 0.05) is 24.7 Å². The maximum Gasteiger partial charge on any atom is 0.283 e. The van der Waals surface area contributed by atoms with Gasteiger partial charge in [0.1, 0.15) is 5.56 Å². The van der Waals surface area contributed by atoms with Crippen LogP contribution in [0, 0.1) is 10.1 Å². The largest absolute Gasteiger partial charge is 0.493 e. The summed E-state index contributed by atoms with van der Waals surface area (Å²) in [5, 5.41) is 11.4. The summed E-state index contributed by atoms with van der Waals surface area (Å²) in [7, 11) is 4.71. The fourth-order valence-corrected chi connectivity index (χ4v) is 2.64. The minimum absolute atomic E-state index is 0.00853. The van der Waals surface area contributed by atoms with Crippen molar-refractivity contribution in [3.63, 3.8) is 0 Å². The van der Waals surface area contributed by atoms with Gasteiger partial charge in [0.05, 0.1) is 19.1 Å². The van der Waals surface area contributed by atoms with Crippen molar-refractivity contribution in [2.45, 2.75) is 6.42 Å². The summed E-state index contributed by atoms with van der Waals surface area (Å²) < 4.78 is 10.5. The molecule has 26 heavy (non-hydrogen) atoms. The number of likely N-dealkylation sites (N-methyl/N-ethyl adjacent to an activating group) is 1. The number of nitro benzene ring substituents is 1. The monoisotopic (exact) mass is 378 g/mol. The maximum absolute atomic E-state index is 12.6. The number of nitro groups is 1. The van der Waals surface area contributed by atoms with Crippen LogP contribution in [0.5, 0.6) is 11.5 Å². The van der Waals surface area contributed by atoms with Crippen LogP contribution in [0.1, 0.15) is 15.9 Å². The third-order valence-corrected chi connectivity index (χ3v) is 4.15. The van der Waals surface area contributed by atoms with Crippen molar-refractivity contribution in [3.05, 3.63) is 62.7 Å². The van der Waals surface area contributed by atoms with Crippen LogP contribution in [0.25, 0.3) is 0 Å². The van der Waals surface area contributed by atoms with Crippen molar-refractivity contribution in [2.75, 3.05) is 27.8 Å². The van der Waals surface area contributed by atoms with Gasteiger partial charge in [-0.25, -0.2) is 0 Å². The first-order valence-corrected chi connectivity index (χ1v) is 8.15. The van der Waals surface area contributed by atoms with Gasteiger partial charge in [-0.1, -0.05) is 17.7 Å². The van der Waals surface area contributed by atoms with Crippen LogP contribution in [-0.4, -0.2) is 43.5 Å². The van der Waals surface area contributed by atoms with E-state index in [4.69, 9.17) is 21.1 Å². The molecule has 0 unspecified atom stereocenters. The van der Waals surface area contributed by atoms with Crippen molar-refractivity contribution in [2.24, 2.45) is 0 Å². The van der Waals surface area contributed by atoms with Crippen LogP contribution in [0.15, 0.2) is 36.4 Å². The van der Waals surface area contributed by atoms with Gasteiger partial charge >= 0.3 is 0 Å². The smallest absolute Gasteiger partial charge is 0.283 e. The normalized spacial score (nSPS) is 10.3. The average Bonchev–Trinajstić information content (AvgIpc) is 2.64. The highest BCUT2D eigenvalue weighted by Gasteiger charge is 2.23. The zero-order chi connectivity index (χ0) is 19.3. The second-order valence-electron chi connectivity index (χ2n) is 5.58. The molecular formula is C18H19ClN2O5. The number of rotatable bonds is 7. The van der Waals surface area contributed by atoms with E-state index in [9.17, 15) is 14.9 Å². The third kappa shape index (κ3) is 4.43. The summed E-state index contributed by atoms with van der Waals surface area (Å²) in [5.74, 6) is 0.790. The second kappa shape index (κ2) is 8.53. The van der Waals surface area contributed by atoms with Gasteiger partial charge in [0.25, 0.3) is 11.6 Å². The van der Waals surface area contributed by atoms with Crippen LogP contribution in [0.2, 0.25) is 5.02 Å². The van der Waals surface area contributed by atoms with E-state index in [2.05, 4.69) is 0 Å². The number of amides is 1. The van der Waals surface area contributed by atoms with Crippen molar-refractivity contribution in [3.8, 4) is 11.5 Å². The van der Waals surface area contributed by atoms with Crippen molar-refractivity contribution >= 4 is 23.2 Å². The van der Waals surface area contributed by atoms with Gasteiger partial charge in [0.15, 0.2) is 11.5 Å². The van der Waals surface area contributed by atoms with Crippen LogP contribution < -0.4 is 9.47 Å². The predicted molar refractivity (Wildman–Crippen MR) is 98.3 cm³/mol. The molecule has 0 aliphatic rings. The Morgan fingerprint density at radius 1 is 1.15 bits per heavy atom. The summed E-state index contributed by atoms with van der Waals surface area (Å²) in [6.07, 6.45) is 0.560. The molecule has 2 aromatic carbocycles. The standard InChI is InChI=1S/C18H19ClN2O5/c1-20(9-8-12-4-7-16(25-2)17(10-12)26-3)18(22)14-6-5-13(19)11-15(14)21(23)24/h4-7,10-11H,8-9H2,1-3H3. The minimum Gasteiger partial charge on any atom is -0.493 e. The van der Waals surface area contributed by atoms with E-state index in [0.29, 0.717) is 24.5 Å². The number of hydrogen-bond donors (Lipinski definition) is 0. The lowest BCUT2D eigenvalue weighted by molar-refractivity contribution is -0.385. The Balaban J connectivity index is 2.12. The van der Waals surface area contributed by atoms with Crippen molar-refractivity contribution in [1.29, 1.82) is 0 Å². The number of methoxy groups -OCH3 is 2. The summed E-state index contributed by atoms with van der Waals surface area (Å²) in [6.45, 7) is 0.383. The van der Waals surface area contributed by atoms with Gasteiger partial charge in [-0.2, -0.15) is 0 Å². The van der Waals surface area contributed by atoms with E-state index < -0.39 is 10.8 Å². The number of carbonyl (C=O) groups excluding carboxylic acids is 1. The van der Waals surface area contributed by atoms with Gasteiger partial charge in [0.2, 0.25) is 0 Å². The molecular weight excluding hydrogens is 360 g/mol. The Hall–Kier alpha value is -2.80. The van der Waals surface area contributed by atoms with Gasteiger partial charge < -0.3 is 14.4 Å². The number of nitrogens with zero attached hydrogens (tertiary/aromatic N) is 2. The van der Waals surface area contributed by atoms with E-state index >= 15 is 0 Å². The lowest BCUT2D eigenvalue weighted by Crippen LogP contribution is -2.29. The minimum atomic E-state index is -0.610. The van der Waals surface area contributed by atoms with Crippen LogP contribution in [0.4, 0.5) is 5.69 Å². The average molecular weight is 379 g/mol. The molecule has 0 aliphatic heterocycles. The molecule has 1 amide bonds. The third-order valence-electron chi connectivity index (χ3n) is 3.92. The van der Waals surface area contributed by atoms with Gasteiger partial charge in [-0.15, -0.1) is 0 Å². The van der Waals surface area contributed by atoms with Crippen LogP contribution in [-0.2, 0) is 6.42 Å². The number of ether oxygens (including phenoxy) is 2. The highest BCUT2D eigenvalue weighted by atomic mass is 35.5. The Morgan fingerprint density at radius 2 is 1.85 bits per heavy atom. The lowest BCUT2D eigenvalue weighted by Gasteiger charge is -2.18. The number of halogens is 1. The first-order chi connectivity index (χ1) is 12.4. The number of benzene rings is 2. The molecule has 0 aromatic heterocycles. The summed E-state index contributed by atoms with van der Waals surface area (Å²) >= 11 is 5.79. The fraction of sp³-hybridized carbons (Fsp3) is 0.278. The van der Waals surface area contributed by atoms with E-state index in [1.807, 2.05) is 12.1 Å². The van der Waals surface area contributed by atoms with E-state index in [0.717, 1.165) is 5.56 Å². The molecule has 0 saturated heterocycles. The van der Waals surface area contributed by atoms with Gasteiger partial charge in [-0.3, -0.25) is 14.9 Å². The van der Waals surface area contributed by atoms with Crippen molar-refractivity contribution in [1.82, 2.24) is 4.90 Å². The molecule has 0 bridgehead atoms. The fourth-order valence-electron chi connectivity index (χ4n) is 2.48. The Labute approximate surface area is 156 Å². The molecule has 0 N–H and O–H groups in total.